The predicted octanol–water partition coefficient (Wildman–Crippen LogP) is 3.14. The first-order valence-electron chi connectivity index (χ1n) is 11.3. The van der Waals surface area contributed by atoms with Crippen LogP contribution in [0.4, 0.5) is 4.39 Å². The lowest BCUT2D eigenvalue weighted by molar-refractivity contribution is -0.126. The zero-order valence-corrected chi connectivity index (χ0v) is 19.0. The van der Waals surface area contributed by atoms with Gasteiger partial charge in [0.25, 0.3) is 0 Å². The van der Waals surface area contributed by atoms with Gasteiger partial charge < -0.3 is 5.32 Å². The number of carbonyl (C=O) groups is 1. The van der Waals surface area contributed by atoms with E-state index in [4.69, 9.17) is 0 Å². The second kappa shape index (κ2) is 10.1. The Morgan fingerprint density at radius 3 is 2.28 bits per heavy atom. The summed E-state index contributed by atoms with van der Waals surface area (Å²) in [5, 5.41) is 2.78. The van der Waals surface area contributed by atoms with Gasteiger partial charge in [0.1, 0.15) is 5.82 Å². The Morgan fingerprint density at radius 2 is 1.62 bits per heavy atom. The molecule has 0 saturated carbocycles. The summed E-state index contributed by atoms with van der Waals surface area (Å²) in [6.07, 6.45) is 3.36. The standard InChI is InChI=1S/C24H30FN3O3S/c25-23-6-2-1-5-21(23)17-26-24(29)20-11-15-28(16-12-20)32(30,31)22-9-7-19(8-10-22)18-27-13-3-4-14-27/h1-2,5-10,20H,3-4,11-18H2,(H,26,29). The van der Waals surface area contributed by atoms with Crippen molar-refractivity contribution in [2.75, 3.05) is 26.2 Å². The van der Waals surface area contributed by atoms with Crippen molar-refractivity contribution >= 4 is 15.9 Å². The Morgan fingerprint density at radius 1 is 0.969 bits per heavy atom. The van der Waals surface area contributed by atoms with E-state index in [1.165, 1.54) is 23.2 Å². The normalized spacial score (nSPS) is 18.7. The maximum Gasteiger partial charge on any atom is 0.243 e. The molecule has 32 heavy (non-hydrogen) atoms. The third-order valence-corrected chi connectivity index (χ3v) is 8.31. The van der Waals surface area contributed by atoms with Crippen LogP contribution in [0.5, 0.6) is 0 Å². The molecule has 0 aliphatic carbocycles. The summed E-state index contributed by atoms with van der Waals surface area (Å²) in [4.78, 5) is 15.2. The first-order valence-corrected chi connectivity index (χ1v) is 12.7. The predicted molar refractivity (Wildman–Crippen MR) is 121 cm³/mol. The first kappa shape index (κ1) is 22.9. The van der Waals surface area contributed by atoms with Gasteiger partial charge >= 0.3 is 0 Å². The Bertz CT molecular complexity index is 1030. The fraction of sp³-hybridized carbons (Fsp3) is 0.458. The van der Waals surface area contributed by atoms with Crippen LogP contribution in [-0.4, -0.2) is 49.7 Å². The molecule has 172 valence electrons. The largest absolute Gasteiger partial charge is 0.352 e. The van der Waals surface area contributed by atoms with Crippen molar-refractivity contribution in [3.05, 3.63) is 65.5 Å². The average Bonchev–Trinajstić information content (AvgIpc) is 3.32. The molecule has 0 atom stereocenters. The van der Waals surface area contributed by atoms with Gasteiger partial charge in [-0.2, -0.15) is 4.31 Å². The number of rotatable bonds is 7. The van der Waals surface area contributed by atoms with Gasteiger partial charge in [0.2, 0.25) is 15.9 Å². The van der Waals surface area contributed by atoms with E-state index in [0.717, 1.165) is 25.2 Å². The monoisotopic (exact) mass is 459 g/mol. The summed E-state index contributed by atoms with van der Waals surface area (Å²) in [7, 11) is -3.58. The van der Waals surface area contributed by atoms with Gasteiger partial charge in [0, 0.05) is 37.7 Å². The van der Waals surface area contributed by atoms with Crippen LogP contribution in [0, 0.1) is 11.7 Å². The quantitative estimate of drug-likeness (QED) is 0.691. The molecule has 2 aliphatic rings. The Labute approximate surface area is 189 Å². The minimum absolute atomic E-state index is 0.133. The van der Waals surface area contributed by atoms with Crippen molar-refractivity contribution in [2.45, 2.75) is 43.7 Å². The molecule has 2 fully saturated rings. The summed E-state index contributed by atoms with van der Waals surface area (Å²) >= 11 is 0. The van der Waals surface area contributed by atoms with E-state index in [1.54, 1.807) is 30.3 Å². The highest BCUT2D eigenvalue weighted by Crippen LogP contribution is 2.25. The van der Waals surface area contributed by atoms with Crippen molar-refractivity contribution < 1.29 is 17.6 Å². The Balaban J connectivity index is 1.29. The molecule has 4 rings (SSSR count). The third kappa shape index (κ3) is 5.36. The lowest BCUT2D eigenvalue weighted by atomic mass is 9.97. The number of halogens is 1. The van der Waals surface area contributed by atoms with E-state index < -0.39 is 10.0 Å². The van der Waals surface area contributed by atoms with Crippen molar-refractivity contribution in [1.82, 2.24) is 14.5 Å². The van der Waals surface area contributed by atoms with Crippen LogP contribution < -0.4 is 5.32 Å². The molecule has 2 aliphatic heterocycles. The van der Waals surface area contributed by atoms with Crippen molar-refractivity contribution in [2.24, 2.45) is 5.92 Å². The molecule has 0 aromatic heterocycles. The lowest BCUT2D eigenvalue weighted by Gasteiger charge is -2.30. The van der Waals surface area contributed by atoms with Crippen LogP contribution in [0.25, 0.3) is 0 Å². The number of piperidine rings is 1. The SMILES string of the molecule is O=C(NCc1ccccc1F)C1CCN(S(=O)(=O)c2ccc(CN3CCCC3)cc2)CC1. The van der Waals surface area contributed by atoms with Crippen molar-refractivity contribution in [3.8, 4) is 0 Å². The molecule has 1 N–H and O–H groups in total. The molecule has 0 unspecified atom stereocenters. The highest BCUT2D eigenvalue weighted by atomic mass is 32.2. The molecule has 8 heteroatoms. The van der Waals surface area contributed by atoms with E-state index in [0.29, 0.717) is 36.4 Å². The minimum Gasteiger partial charge on any atom is -0.352 e. The first-order chi connectivity index (χ1) is 15.4. The van der Waals surface area contributed by atoms with Gasteiger partial charge in [-0.25, -0.2) is 12.8 Å². The molecule has 2 aromatic carbocycles. The number of carbonyl (C=O) groups excluding carboxylic acids is 1. The smallest absolute Gasteiger partial charge is 0.243 e. The molecule has 2 heterocycles. The van der Waals surface area contributed by atoms with Gasteiger partial charge in [-0.05, 0) is 62.5 Å². The van der Waals surface area contributed by atoms with Crippen molar-refractivity contribution in [1.29, 1.82) is 0 Å². The van der Waals surface area contributed by atoms with E-state index in [1.807, 2.05) is 12.1 Å². The third-order valence-electron chi connectivity index (χ3n) is 6.40. The van der Waals surface area contributed by atoms with Crippen LogP contribution in [0.1, 0.15) is 36.8 Å². The number of sulfonamides is 1. The molecule has 0 spiro atoms. The summed E-state index contributed by atoms with van der Waals surface area (Å²) in [5.74, 6) is -0.771. The topological polar surface area (TPSA) is 69.7 Å². The number of hydrogen-bond donors (Lipinski definition) is 1. The van der Waals surface area contributed by atoms with Crippen LogP contribution in [0.15, 0.2) is 53.4 Å². The highest BCUT2D eigenvalue weighted by molar-refractivity contribution is 7.89. The Kier molecular flexibility index (Phi) is 7.23. The zero-order valence-electron chi connectivity index (χ0n) is 18.2. The van der Waals surface area contributed by atoms with Gasteiger partial charge in [-0.3, -0.25) is 9.69 Å². The van der Waals surface area contributed by atoms with Crippen LogP contribution in [0.3, 0.4) is 0 Å². The van der Waals surface area contributed by atoms with E-state index in [9.17, 15) is 17.6 Å². The summed E-state index contributed by atoms with van der Waals surface area (Å²) in [5.41, 5.74) is 1.56. The second-order valence-corrected chi connectivity index (χ2v) is 10.6. The Hall–Kier alpha value is -2.29. The molecular formula is C24H30FN3O3S. The summed E-state index contributed by atoms with van der Waals surface area (Å²) in [6.45, 7) is 3.79. The van der Waals surface area contributed by atoms with Crippen molar-refractivity contribution in [3.63, 3.8) is 0 Å². The van der Waals surface area contributed by atoms with Crippen LogP contribution >= 0.6 is 0 Å². The molecule has 0 radical (unpaired) electrons. The van der Waals surface area contributed by atoms with Gasteiger partial charge in [-0.15, -0.1) is 0 Å². The van der Waals surface area contributed by atoms with E-state index in [-0.39, 0.29) is 24.2 Å². The fourth-order valence-electron chi connectivity index (χ4n) is 4.44. The number of amides is 1. The second-order valence-electron chi connectivity index (χ2n) is 8.61. The van der Waals surface area contributed by atoms with Gasteiger partial charge in [-0.1, -0.05) is 30.3 Å². The number of nitrogens with one attached hydrogen (secondary N) is 1. The molecule has 6 nitrogen and oxygen atoms in total. The number of likely N-dealkylation sites (tertiary alicyclic amines) is 1. The molecule has 0 bridgehead atoms. The number of nitrogens with zero attached hydrogens (tertiary/aromatic N) is 2. The summed E-state index contributed by atoms with van der Waals surface area (Å²) in [6, 6.07) is 13.5. The molecule has 1 amide bonds. The number of hydrogen-bond acceptors (Lipinski definition) is 4. The lowest BCUT2D eigenvalue weighted by Crippen LogP contribution is -2.42. The van der Waals surface area contributed by atoms with E-state index in [2.05, 4.69) is 10.2 Å². The van der Waals surface area contributed by atoms with Gasteiger partial charge in [0.05, 0.1) is 4.90 Å². The summed E-state index contributed by atoms with van der Waals surface area (Å²) < 4.78 is 41.3. The number of benzene rings is 2. The van der Waals surface area contributed by atoms with E-state index >= 15 is 0 Å². The van der Waals surface area contributed by atoms with Crippen LogP contribution in [-0.2, 0) is 27.9 Å². The zero-order chi connectivity index (χ0) is 22.6. The fourth-order valence-corrected chi connectivity index (χ4v) is 5.91. The maximum atomic E-state index is 13.7. The highest BCUT2D eigenvalue weighted by Gasteiger charge is 2.32. The maximum absolute atomic E-state index is 13.7. The average molecular weight is 460 g/mol. The molecule has 2 saturated heterocycles. The minimum atomic E-state index is -3.58. The van der Waals surface area contributed by atoms with Gasteiger partial charge in [0.15, 0.2) is 0 Å². The molecule has 2 aromatic rings. The van der Waals surface area contributed by atoms with Crippen LogP contribution in [0.2, 0.25) is 0 Å². The molecular weight excluding hydrogens is 429 g/mol.